The molecule has 0 spiro atoms. The van der Waals surface area contributed by atoms with Gasteiger partial charge < -0.3 is 15.2 Å². The first-order valence-electron chi connectivity index (χ1n) is 13.0. The fraction of sp³-hybridized carbons (Fsp3) is 0.704. The average molecular weight is 439 g/mol. The number of piperidine rings is 1. The summed E-state index contributed by atoms with van der Waals surface area (Å²) in [7, 11) is 0. The van der Waals surface area contributed by atoms with E-state index in [2.05, 4.69) is 47.9 Å². The van der Waals surface area contributed by atoms with E-state index in [-0.39, 0.29) is 5.41 Å². The molecular weight excluding hydrogens is 396 g/mol. The Morgan fingerprint density at radius 2 is 1.84 bits per heavy atom. The third kappa shape index (κ3) is 4.73. The van der Waals surface area contributed by atoms with Gasteiger partial charge in [-0.25, -0.2) is 0 Å². The van der Waals surface area contributed by atoms with Crippen LogP contribution in [0.2, 0.25) is 0 Å². The number of nitrogens with zero attached hydrogens (tertiary/aromatic N) is 3. The maximum atomic E-state index is 13.6. The minimum absolute atomic E-state index is 0.233. The summed E-state index contributed by atoms with van der Waals surface area (Å²) in [5.74, 6) is 0.313. The van der Waals surface area contributed by atoms with Gasteiger partial charge >= 0.3 is 0 Å². The molecule has 1 N–H and O–H groups in total. The zero-order valence-electron chi connectivity index (χ0n) is 20.2. The van der Waals surface area contributed by atoms with Crippen molar-refractivity contribution in [2.75, 3.05) is 36.0 Å². The molecule has 3 atom stereocenters. The Morgan fingerprint density at radius 3 is 2.53 bits per heavy atom. The van der Waals surface area contributed by atoms with Gasteiger partial charge in [0.25, 0.3) is 0 Å². The number of unbranched alkanes of at least 4 members (excludes halogenated alkanes) is 1. The van der Waals surface area contributed by atoms with Crippen molar-refractivity contribution in [3.8, 4) is 0 Å². The molecule has 0 aromatic heterocycles. The van der Waals surface area contributed by atoms with Crippen molar-refractivity contribution in [1.29, 1.82) is 5.41 Å². The number of amides is 1. The molecule has 3 heterocycles. The summed E-state index contributed by atoms with van der Waals surface area (Å²) in [4.78, 5) is 20.9. The first kappa shape index (κ1) is 23.3. The van der Waals surface area contributed by atoms with E-state index in [1.165, 1.54) is 37.7 Å². The molecule has 3 aliphatic rings. The first-order valence-corrected chi connectivity index (χ1v) is 13.0. The van der Waals surface area contributed by atoms with E-state index in [9.17, 15) is 4.79 Å². The predicted octanol–water partition coefficient (Wildman–Crippen LogP) is 5.48. The molecule has 1 aromatic carbocycles. The van der Waals surface area contributed by atoms with E-state index in [4.69, 9.17) is 5.41 Å². The number of hydrogen-bond acceptors (Lipinski definition) is 4. The summed E-state index contributed by atoms with van der Waals surface area (Å²) in [6.07, 6.45) is 12.1. The molecule has 0 saturated carbocycles. The second-order valence-corrected chi connectivity index (χ2v) is 10.3. The number of hydrogen-bond donors (Lipinski definition) is 1. The summed E-state index contributed by atoms with van der Waals surface area (Å²) in [6.45, 7) is 8.90. The number of benzene rings is 1. The summed E-state index contributed by atoms with van der Waals surface area (Å²) in [6, 6.07) is 10.2. The van der Waals surface area contributed by atoms with E-state index >= 15 is 0 Å². The van der Waals surface area contributed by atoms with Crippen molar-refractivity contribution in [2.45, 2.75) is 90.1 Å². The fourth-order valence-electron chi connectivity index (χ4n) is 6.51. The van der Waals surface area contributed by atoms with Crippen LogP contribution in [0.25, 0.3) is 0 Å². The molecule has 5 heteroatoms. The highest BCUT2D eigenvalue weighted by Crippen LogP contribution is 2.42. The predicted molar refractivity (Wildman–Crippen MR) is 134 cm³/mol. The number of rotatable bonds is 9. The van der Waals surface area contributed by atoms with Crippen LogP contribution in [0.5, 0.6) is 0 Å². The molecule has 0 bridgehead atoms. The number of likely N-dealkylation sites (tertiary alicyclic amines) is 1. The SMILES string of the molecule is CCCC1(CCCC=N)CCCN(c2ccc(N3CC[C@H](N4CCC[C@@H]4C)C3)cc2)C1=O. The molecule has 0 radical (unpaired) electrons. The van der Waals surface area contributed by atoms with Gasteiger partial charge in [0.15, 0.2) is 0 Å². The van der Waals surface area contributed by atoms with E-state index in [0.29, 0.717) is 11.9 Å². The van der Waals surface area contributed by atoms with E-state index in [0.717, 1.165) is 76.3 Å². The normalized spacial score (nSPS) is 29.1. The molecule has 1 unspecified atom stereocenters. The number of anilines is 2. The van der Waals surface area contributed by atoms with Crippen LogP contribution in [-0.2, 0) is 4.79 Å². The minimum Gasteiger partial charge on any atom is -0.370 e. The largest absolute Gasteiger partial charge is 0.370 e. The van der Waals surface area contributed by atoms with Crippen molar-refractivity contribution in [1.82, 2.24) is 4.90 Å². The highest BCUT2D eigenvalue weighted by Gasteiger charge is 2.43. The monoisotopic (exact) mass is 438 g/mol. The van der Waals surface area contributed by atoms with Crippen LogP contribution in [0.15, 0.2) is 24.3 Å². The summed E-state index contributed by atoms with van der Waals surface area (Å²) >= 11 is 0. The summed E-state index contributed by atoms with van der Waals surface area (Å²) in [5, 5.41) is 7.34. The van der Waals surface area contributed by atoms with Gasteiger partial charge in [0.1, 0.15) is 0 Å². The van der Waals surface area contributed by atoms with Crippen LogP contribution < -0.4 is 9.80 Å². The van der Waals surface area contributed by atoms with Crippen molar-refractivity contribution in [2.24, 2.45) is 5.41 Å². The Morgan fingerprint density at radius 1 is 1.06 bits per heavy atom. The van der Waals surface area contributed by atoms with Gasteiger partial charge in [0.2, 0.25) is 5.91 Å². The second-order valence-electron chi connectivity index (χ2n) is 10.3. The van der Waals surface area contributed by atoms with Gasteiger partial charge in [-0.1, -0.05) is 13.3 Å². The second kappa shape index (κ2) is 10.4. The molecular formula is C27H42N4O. The van der Waals surface area contributed by atoms with Gasteiger partial charge in [-0.2, -0.15) is 0 Å². The molecule has 176 valence electrons. The Hall–Kier alpha value is -1.88. The lowest BCUT2D eigenvalue weighted by Crippen LogP contribution is -2.49. The third-order valence-electron chi connectivity index (χ3n) is 8.23. The van der Waals surface area contributed by atoms with Crippen molar-refractivity contribution in [3.63, 3.8) is 0 Å². The lowest BCUT2D eigenvalue weighted by Gasteiger charge is -2.42. The molecule has 3 aliphatic heterocycles. The first-order chi connectivity index (χ1) is 15.6. The lowest BCUT2D eigenvalue weighted by atomic mass is 9.72. The van der Waals surface area contributed by atoms with Gasteiger partial charge in [0, 0.05) is 48.5 Å². The lowest BCUT2D eigenvalue weighted by molar-refractivity contribution is -0.131. The van der Waals surface area contributed by atoms with Crippen LogP contribution in [0, 0.1) is 10.8 Å². The van der Waals surface area contributed by atoms with Gasteiger partial charge in [-0.15, -0.1) is 0 Å². The van der Waals surface area contributed by atoms with Crippen molar-refractivity contribution >= 4 is 23.5 Å². The Balaban J connectivity index is 1.43. The van der Waals surface area contributed by atoms with E-state index < -0.39 is 0 Å². The van der Waals surface area contributed by atoms with Crippen LogP contribution in [0.1, 0.15) is 78.1 Å². The van der Waals surface area contributed by atoms with E-state index in [1.807, 2.05) is 4.90 Å². The Bertz CT molecular complexity index is 774. The Kier molecular flexibility index (Phi) is 7.55. The minimum atomic E-state index is -0.233. The smallest absolute Gasteiger partial charge is 0.233 e. The Labute approximate surface area is 194 Å². The molecule has 0 aliphatic carbocycles. The number of carbonyl (C=O) groups excluding carboxylic acids is 1. The van der Waals surface area contributed by atoms with Crippen LogP contribution in [-0.4, -0.2) is 55.3 Å². The standard InChI is InChI=1S/C27H42N4O/c1-3-14-27(15-4-5-17-28)16-7-19-31(26(27)32)24-11-9-23(10-12-24)29-20-13-25(21-29)30-18-6-8-22(30)2/h9-12,17,22,25,28H,3-8,13-16,18-21H2,1-2H3/t22-,25-,27?/m0/s1. The fourth-order valence-corrected chi connectivity index (χ4v) is 6.51. The van der Waals surface area contributed by atoms with Crippen LogP contribution >= 0.6 is 0 Å². The molecule has 3 fully saturated rings. The van der Waals surface area contributed by atoms with Gasteiger partial charge in [-0.05, 0) is 102 Å². The van der Waals surface area contributed by atoms with Crippen LogP contribution in [0.4, 0.5) is 11.4 Å². The molecule has 1 amide bonds. The summed E-state index contributed by atoms with van der Waals surface area (Å²) in [5.41, 5.74) is 2.11. The maximum Gasteiger partial charge on any atom is 0.233 e. The van der Waals surface area contributed by atoms with Gasteiger partial charge in [-0.3, -0.25) is 9.69 Å². The maximum absolute atomic E-state index is 13.6. The van der Waals surface area contributed by atoms with Crippen LogP contribution in [0.3, 0.4) is 0 Å². The number of nitrogens with one attached hydrogen (secondary N) is 1. The molecule has 1 aromatic rings. The quantitative estimate of drug-likeness (QED) is 0.410. The number of carbonyl (C=O) groups is 1. The topological polar surface area (TPSA) is 50.6 Å². The van der Waals surface area contributed by atoms with Crippen molar-refractivity contribution in [3.05, 3.63) is 24.3 Å². The highest BCUT2D eigenvalue weighted by molar-refractivity contribution is 5.98. The van der Waals surface area contributed by atoms with E-state index in [1.54, 1.807) is 0 Å². The zero-order valence-corrected chi connectivity index (χ0v) is 20.2. The molecule has 4 rings (SSSR count). The zero-order chi connectivity index (χ0) is 22.6. The molecule has 3 saturated heterocycles. The van der Waals surface area contributed by atoms with Crippen molar-refractivity contribution < 1.29 is 4.79 Å². The third-order valence-corrected chi connectivity index (χ3v) is 8.23. The molecule has 32 heavy (non-hydrogen) atoms. The van der Waals surface area contributed by atoms with Gasteiger partial charge in [0.05, 0.1) is 0 Å². The highest BCUT2D eigenvalue weighted by atomic mass is 16.2. The summed E-state index contributed by atoms with van der Waals surface area (Å²) < 4.78 is 0. The molecule has 5 nitrogen and oxygen atoms in total. The average Bonchev–Trinajstić information content (AvgIpc) is 3.45.